The van der Waals surface area contributed by atoms with E-state index in [9.17, 15) is 14.3 Å². The molecule has 0 fully saturated rings. The van der Waals surface area contributed by atoms with Crippen molar-refractivity contribution in [1.29, 1.82) is 0 Å². The largest absolute Gasteiger partial charge is 0.481 e. The minimum Gasteiger partial charge on any atom is -0.481 e. The molecule has 0 aromatic carbocycles. The van der Waals surface area contributed by atoms with Gasteiger partial charge in [0.15, 0.2) is 11.5 Å². The van der Waals surface area contributed by atoms with Crippen LogP contribution in [0.5, 0.6) is 0 Å². The highest BCUT2D eigenvalue weighted by Gasteiger charge is 2.40. The lowest BCUT2D eigenvalue weighted by atomic mass is 9.85. The van der Waals surface area contributed by atoms with Crippen molar-refractivity contribution in [3.63, 3.8) is 0 Å². The Hall–Kier alpha value is -3.69. The second kappa shape index (κ2) is 7.47. The van der Waals surface area contributed by atoms with Gasteiger partial charge in [-0.05, 0) is 24.1 Å². The molecule has 3 aromatic heterocycles. The Morgan fingerprint density at radius 3 is 3.03 bits per heavy atom. The number of halogens is 1. The van der Waals surface area contributed by atoms with E-state index in [2.05, 4.69) is 30.6 Å². The normalized spacial score (nSPS) is 24.3. The molecule has 0 saturated heterocycles. The van der Waals surface area contributed by atoms with E-state index in [1.54, 1.807) is 23.0 Å². The first-order chi connectivity index (χ1) is 15.4. The molecule has 2 N–H and O–H groups in total. The van der Waals surface area contributed by atoms with E-state index in [1.165, 1.54) is 6.08 Å². The van der Waals surface area contributed by atoms with Gasteiger partial charge in [0.05, 0.1) is 18.4 Å². The fourth-order valence-corrected chi connectivity index (χ4v) is 4.37. The van der Waals surface area contributed by atoms with Crippen molar-refractivity contribution >= 4 is 22.8 Å². The van der Waals surface area contributed by atoms with Gasteiger partial charge in [-0.1, -0.05) is 26.0 Å². The van der Waals surface area contributed by atoms with Gasteiger partial charge in [-0.3, -0.25) is 4.79 Å². The van der Waals surface area contributed by atoms with Crippen LogP contribution in [0.15, 0.2) is 42.4 Å². The number of allylic oxidation sites excluding steroid dienone is 4. The Kier molecular flexibility index (Phi) is 4.72. The topological polar surface area (TPSA) is 119 Å². The lowest BCUT2D eigenvalue weighted by molar-refractivity contribution is -0.138. The smallest absolute Gasteiger partial charge is 0.304 e. The molecule has 5 rings (SSSR count). The lowest BCUT2D eigenvalue weighted by Gasteiger charge is -2.22. The van der Waals surface area contributed by atoms with Gasteiger partial charge in [0.1, 0.15) is 17.2 Å². The van der Waals surface area contributed by atoms with E-state index in [-0.39, 0.29) is 24.1 Å². The van der Waals surface area contributed by atoms with Gasteiger partial charge >= 0.3 is 5.97 Å². The fourth-order valence-electron chi connectivity index (χ4n) is 4.37. The first-order valence-corrected chi connectivity index (χ1v) is 10.4. The molecule has 32 heavy (non-hydrogen) atoms. The first kappa shape index (κ1) is 20.2. The summed E-state index contributed by atoms with van der Waals surface area (Å²) < 4.78 is 16.2. The van der Waals surface area contributed by atoms with E-state index < -0.39 is 11.4 Å². The van der Waals surface area contributed by atoms with Crippen molar-refractivity contribution in [2.45, 2.75) is 32.2 Å². The number of rotatable bonds is 5. The molecular formula is C22H22FN7O2. The van der Waals surface area contributed by atoms with Gasteiger partial charge in [0, 0.05) is 24.1 Å². The van der Waals surface area contributed by atoms with Gasteiger partial charge in [0.25, 0.3) is 0 Å². The van der Waals surface area contributed by atoms with Crippen LogP contribution in [-0.4, -0.2) is 47.6 Å². The zero-order valence-corrected chi connectivity index (χ0v) is 17.7. The molecule has 2 aliphatic rings. The van der Waals surface area contributed by atoms with E-state index in [1.807, 2.05) is 26.0 Å². The van der Waals surface area contributed by atoms with Gasteiger partial charge in [-0.15, -0.1) is 10.2 Å². The molecule has 1 aliphatic heterocycles. The summed E-state index contributed by atoms with van der Waals surface area (Å²) in [6, 6.07) is 3.67. The maximum absolute atomic E-state index is 14.5. The third kappa shape index (κ3) is 3.31. The van der Waals surface area contributed by atoms with Crippen LogP contribution in [-0.2, 0) is 16.8 Å². The summed E-state index contributed by atoms with van der Waals surface area (Å²) in [6.07, 6.45) is 6.79. The average Bonchev–Trinajstić information content (AvgIpc) is 3.28. The molecule has 0 radical (unpaired) electrons. The predicted molar refractivity (Wildman–Crippen MR) is 115 cm³/mol. The highest BCUT2D eigenvalue weighted by atomic mass is 19.1. The Morgan fingerprint density at radius 2 is 2.25 bits per heavy atom. The van der Waals surface area contributed by atoms with Crippen LogP contribution >= 0.6 is 0 Å². The highest BCUT2D eigenvalue weighted by molar-refractivity contribution is 5.89. The van der Waals surface area contributed by atoms with Gasteiger partial charge in [-0.2, -0.15) is 5.10 Å². The second-order valence-electron chi connectivity index (χ2n) is 8.62. The maximum atomic E-state index is 14.5. The number of nitrogens with one attached hydrogen (secondary N) is 1. The number of anilines is 1. The molecule has 4 heterocycles. The molecule has 0 amide bonds. The molecule has 0 saturated carbocycles. The molecule has 164 valence electrons. The zero-order valence-electron chi connectivity index (χ0n) is 17.7. The van der Waals surface area contributed by atoms with Gasteiger partial charge in [0.2, 0.25) is 5.82 Å². The molecular weight excluding hydrogens is 413 g/mol. The Labute approximate surface area is 183 Å². The number of carboxylic acids is 1. The minimum atomic E-state index is -0.906. The van der Waals surface area contributed by atoms with Crippen LogP contribution < -0.4 is 5.32 Å². The van der Waals surface area contributed by atoms with Crippen LogP contribution in [0.1, 0.15) is 26.0 Å². The maximum Gasteiger partial charge on any atom is 0.304 e. The fraction of sp³-hybridized carbons (Fsp3) is 0.364. The number of pyridine rings is 1. The summed E-state index contributed by atoms with van der Waals surface area (Å²) in [5, 5.41) is 26.4. The Bertz CT molecular complexity index is 1280. The van der Waals surface area contributed by atoms with Crippen LogP contribution in [0, 0.1) is 11.8 Å². The molecule has 9 nitrogen and oxygen atoms in total. The molecule has 3 atom stereocenters. The van der Waals surface area contributed by atoms with Crippen LogP contribution in [0.4, 0.5) is 10.2 Å². The number of fused-ring (bicyclic) bond motifs is 2. The molecule has 3 aromatic rings. The van der Waals surface area contributed by atoms with Crippen molar-refractivity contribution in [2.75, 3.05) is 11.9 Å². The summed E-state index contributed by atoms with van der Waals surface area (Å²) in [5.74, 6) is -0.586. The number of carboxylic acid groups (broad SMARTS) is 1. The van der Waals surface area contributed by atoms with E-state index in [0.717, 1.165) is 5.39 Å². The summed E-state index contributed by atoms with van der Waals surface area (Å²) >= 11 is 0. The number of hydrogen-bond acceptors (Lipinski definition) is 7. The molecule has 0 spiro atoms. The first-order valence-electron chi connectivity index (χ1n) is 10.4. The third-order valence-corrected chi connectivity index (χ3v) is 6.19. The molecule has 10 heteroatoms. The average molecular weight is 435 g/mol. The lowest BCUT2D eigenvalue weighted by Crippen LogP contribution is -2.28. The van der Waals surface area contributed by atoms with Crippen molar-refractivity contribution in [2.24, 2.45) is 11.8 Å². The molecule has 1 aliphatic carbocycles. The minimum absolute atomic E-state index is 0.0282. The van der Waals surface area contributed by atoms with Crippen molar-refractivity contribution < 1.29 is 14.3 Å². The zero-order chi connectivity index (χ0) is 22.5. The van der Waals surface area contributed by atoms with E-state index in [0.29, 0.717) is 41.8 Å². The van der Waals surface area contributed by atoms with Gasteiger partial charge < -0.3 is 10.4 Å². The highest BCUT2D eigenvalue weighted by Crippen LogP contribution is 2.37. The van der Waals surface area contributed by atoms with Gasteiger partial charge in [-0.25, -0.2) is 19.0 Å². The summed E-state index contributed by atoms with van der Waals surface area (Å²) in [6.45, 7) is 4.54. The number of hydrogen-bond donors (Lipinski definition) is 2. The molecule has 0 bridgehead atoms. The van der Waals surface area contributed by atoms with Crippen molar-refractivity contribution in [3.05, 3.63) is 48.1 Å². The standard InChI is InChI=1S/C22H22FN7O2/c1-12-5-3-7-15(23)14(12)10-30-21-13(6-4-8-24-21)17(29-30)19-26-20-18(27-28-19)22(2,11-25-20)9-16(31)32/h3-8,12,14H,9-11H2,1-2H3,(H,31,32)(H,25,26,28). The number of aromatic nitrogens is 6. The van der Waals surface area contributed by atoms with E-state index >= 15 is 0 Å². The summed E-state index contributed by atoms with van der Waals surface area (Å²) in [7, 11) is 0. The van der Waals surface area contributed by atoms with Crippen molar-refractivity contribution in [1.82, 2.24) is 29.9 Å². The van der Waals surface area contributed by atoms with E-state index in [4.69, 9.17) is 0 Å². The SMILES string of the molecule is CC1C=CC=C(F)C1Cn1nc(-c2nnc3c(n2)NCC3(C)CC(=O)O)c2cccnc21. The summed E-state index contributed by atoms with van der Waals surface area (Å²) in [5.41, 5.74) is 0.961. The van der Waals surface area contributed by atoms with Crippen LogP contribution in [0.3, 0.4) is 0 Å². The van der Waals surface area contributed by atoms with Crippen LogP contribution in [0.25, 0.3) is 22.6 Å². The third-order valence-electron chi connectivity index (χ3n) is 6.19. The Morgan fingerprint density at radius 1 is 1.41 bits per heavy atom. The van der Waals surface area contributed by atoms with Crippen molar-refractivity contribution in [3.8, 4) is 11.5 Å². The molecule has 3 unspecified atom stereocenters. The second-order valence-corrected chi connectivity index (χ2v) is 8.62. The number of nitrogens with zero attached hydrogens (tertiary/aromatic N) is 6. The van der Waals surface area contributed by atoms with Crippen LogP contribution in [0.2, 0.25) is 0 Å². The monoisotopic (exact) mass is 435 g/mol. The Balaban J connectivity index is 1.54. The number of carbonyl (C=O) groups is 1. The predicted octanol–water partition coefficient (Wildman–Crippen LogP) is 3.12. The summed E-state index contributed by atoms with van der Waals surface area (Å²) in [4.78, 5) is 20.3. The number of aliphatic carboxylic acids is 1. The quantitative estimate of drug-likeness (QED) is 0.628.